The van der Waals surface area contributed by atoms with Crippen LogP contribution in [0.4, 0.5) is 5.69 Å². The number of carbonyl (C=O) groups excluding carboxylic acids is 2. The average molecular weight is 414 g/mol. The second-order valence-electron chi connectivity index (χ2n) is 7.42. The van der Waals surface area contributed by atoms with Gasteiger partial charge >= 0.3 is 0 Å². The first-order valence-electron chi connectivity index (χ1n) is 9.86. The van der Waals surface area contributed by atoms with Crippen LogP contribution in [0.3, 0.4) is 0 Å². The predicted molar refractivity (Wildman–Crippen MR) is 118 cm³/mol. The van der Waals surface area contributed by atoms with Crippen LogP contribution >= 0.6 is 0 Å². The number of Topliss-reactive ketones (excluding diaryl/α,β-unsaturated/α-hetero) is 1. The number of ketones is 1. The molecule has 3 aromatic rings. The maximum atomic E-state index is 13.1. The molecule has 1 aromatic heterocycles. The fourth-order valence-corrected chi connectivity index (χ4v) is 3.72. The molecule has 156 valence electrons. The van der Waals surface area contributed by atoms with E-state index in [-0.39, 0.29) is 11.3 Å². The topological polar surface area (TPSA) is 79.7 Å². The quantitative estimate of drug-likeness (QED) is 0.390. The number of rotatable bonds is 4. The molecule has 1 fully saturated rings. The van der Waals surface area contributed by atoms with Crippen molar-refractivity contribution in [3.05, 3.63) is 94.8 Å². The molecule has 0 bridgehead atoms. The minimum absolute atomic E-state index is 0.00446. The zero-order chi connectivity index (χ0) is 22.1. The third-order valence-electron chi connectivity index (χ3n) is 5.52. The molecule has 0 aliphatic carbocycles. The molecule has 6 nitrogen and oxygen atoms in total. The number of nitrogens with zero attached hydrogens (tertiary/aromatic N) is 2. The molecule has 0 saturated carbocycles. The maximum absolute atomic E-state index is 13.1. The van der Waals surface area contributed by atoms with Crippen molar-refractivity contribution in [3.63, 3.8) is 0 Å². The molecule has 0 spiro atoms. The Morgan fingerprint density at radius 3 is 2.48 bits per heavy atom. The van der Waals surface area contributed by atoms with Gasteiger partial charge in [-0.3, -0.25) is 19.5 Å². The number of aliphatic hydroxyl groups is 1. The zero-order valence-corrected chi connectivity index (χ0v) is 17.5. The smallest absolute Gasteiger partial charge is 0.300 e. The number of hydrogen-bond donors (Lipinski definition) is 1. The first-order chi connectivity index (χ1) is 14.9. The second-order valence-corrected chi connectivity index (χ2v) is 7.42. The van der Waals surface area contributed by atoms with Gasteiger partial charge < -0.3 is 9.84 Å². The summed E-state index contributed by atoms with van der Waals surface area (Å²) >= 11 is 0. The van der Waals surface area contributed by atoms with Gasteiger partial charge in [-0.05, 0) is 61.4 Å². The summed E-state index contributed by atoms with van der Waals surface area (Å²) < 4.78 is 5.23. The lowest BCUT2D eigenvalue weighted by Crippen LogP contribution is -2.29. The average Bonchev–Trinajstić information content (AvgIpc) is 3.06. The van der Waals surface area contributed by atoms with E-state index in [1.165, 1.54) is 12.0 Å². The Hall–Kier alpha value is -3.93. The monoisotopic (exact) mass is 414 g/mol. The van der Waals surface area contributed by atoms with Crippen molar-refractivity contribution in [1.82, 2.24) is 4.98 Å². The van der Waals surface area contributed by atoms with E-state index in [1.54, 1.807) is 54.7 Å². The summed E-state index contributed by atoms with van der Waals surface area (Å²) in [4.78, 5) is 32.1. The van der Waals surface area contributed by atoms with Gasteiger partial charge in [0.1, 0.15) is 17.6 Å². The standard InChI is InChI=1S/C25H22N2O4/c1-15-10-11-18(13-16(15)2)27-22(20-9-4-5-12-26-20)21(24(29)25(27)30)23(28)17-7-6-8-19(14-17)31-3/h4-14,22,28H,1-3H3/b23-21+. The molecule has 6 heteroatoms. The Kier molecular flexibility index (Phi) is 5.29. The molecule has 1 aliphatic rings. The largest absolute Gasteiger partial charge is 0.507 e. The number of aromatic nitrogens is 1. The van der Waals surface area contributed by atoms with Crippen LogP contribution in [0.5, 0.6) is 5.75 Å². The Bertz CT molecular complexity index is 1200. The summed E-state index contributed by atoms with van der Waals surface area (Å²) in [7, 11) is 1.52. The van der Waals surface area contributed by atoms with Gasteiger partial charge in [0.15, 0.2) is 0 Å². The SMILES string of the molecule is COc1cccc(/C(O)=C2\C(=O)C(=O)N(c3ccc(C)c(C)c3)C2c2ccccn2)c1. The van der Waals surface area contributed by atoms with Crippen LogP contribution in [-0.4, -0.2) is 28.9 Å². The van der Waals surface area contributed by atoms with Gasteiger partial charge in [0, 0.05) is 17.4 Å². The molecule has 1 unspecified atom stereocenters. The molecule has 1 atom stereocenters. The van der Waals surface area contributed by atoms with Crippen molar-refractivity contribution >= 4 is 23.1 Å². The van der Waals surface area contributed by atoms with E-state index in [2.05, 4.69) is 4.98 Å². The highest BCUT2D eigenvalue weighted by atomic mass is 16.5. The fourth-order valence-electron chi connectivity index (χ4n) is 3.72. The molecule has 31 heavy (non-hydrogen) atoms. The van der Waals surface area contributed by atoms with Gasteiger partial charge in [0.05, 0.1) is 18.4 Å². The normalized spacial score (nSPS) is 17.8. The van der Waals surface area contributed by atoms with Gasteiger partial charge in [-0.1, -0.05) is 24.3 Å². The summed E-state index contributed by atoms with van der Waals surface area (Å²) in [6.07, 6.45) is 1.60. The second kappa shape index (κ2) is 8.07. The number of anilines is 1. The number of hydrogen-bond acceptors (Lipinski definition) is 5. The number of amides is 1. The van der Waals surface area contributed by atoms with Crippen molar-refractivity contribution in [2.75, 3.05) is 12.0 Å². The van der Waals surface area contributed by atoms with Gasteiger partial charge in [-0.2, -0.15) is 0 Å². The van der Waals surface area contributed by atoms with E-state index < -0.39 is 17.7 Å². The first kappa shape index (κ1) is 20.3. The maximum Gasteiger partial charge on any atom is 0.300 e. The third kappa shape index (κ3) is 3.57. The lowest BCUT2D eigenvalue weighted by Gasteiger charge is -2.25. The van der Waals surface area contributed by atoms with Gasteiger partial charge in [-0.15, -0.1) is 0 Å². The van der Waals surface area contributed by atoms with Crippen molar-refractivity contribution < 1.29 is 19.4 Å². The number of aliphatic hydroxyl groups excluding tert-OH is 1. The Balaban J connectivity index is 1.94. The third-order valence-corrected chi connectivity index (χ3v) is 5.52. The Morgan fingerprint density at radius 1 is 1.00 bits per heavy atom. The lowest BCUT2D eigenvalue weighted by atomic mass is 9.98. The molecule has 1 saturated heterocycles. The molecule has 1 aliphatic heterocycles. The molecular weight excluding hydrogens is 392 g/mol. The molecule has 0 radical (unpaired) electrons. The van der Waals surface area contributed by atoms with E-state index in [0.717, 1.165) is 11.1 Å². The molecular formula is C25H22N2O4. The number of carbonyl (C=O) groups is 2. The van der Waals surface area contributed by atoms with Crippen LogP contribution < -0.4 is 9.64 Å². The summed E-state index contributed by atoms with van der Waals surface area (Å²) in [5.74, 6) is -1.20. The summed E-state index contributed by atoms with van der Waals surface area (Å²) in [6, 6.07) is 16.7. The Morgan fingerprint density at radius 2 is 1.81 bits per heavy atom. The highest BCUT2D eigenvalue weighted by molar-refractivity contribution is 6.51. The minimum Gasteiger partial charge on any atom is -0.507 e. The Labute approximate surface area is 180 Å². The summed E-state index contributed by atoms with van der Waals surface area (Å²) in [5, 5.41) is 11.1. The molecule has 2 aromatic carbocycles. The van der Waals surface area contributed by atoms with E-state index in [4.69, 9.17) is 4.74 Å². The molecule has 4 rings (SSSR count). The van der Waals surface area contributed by atoms with Crippen molar-refractivity contribution in [3.8, 4) is 5.75 Å². The molecule has 2 heterocycles. The highest BCUT2D eigenvalue weighted by Gasteiger charge is 2.47. The van der Waals surface area contributed by atoms with Crippen LogP contribution in [0.25, 0.3) is 5.76 Å². The van der Waals surface area contributed by atoms with Gasteiger partial charge in [-0.25, -0.2) is 0 Å². The number of methoxy groups -OCH3 is 1. The number of pyridine rings is 1. The minimum atomic E-state index is -0.852. The van der Waals surface area contributed by atoms with E-state index in [9.17, 15) is 14.7 Å². The van der Waals surface area contributed by atoms with Crippen LogP contribution in [-0.2, 0) is 9.59 Å². The first-order valence-corrected chi connectivity index (χ1v) is 9.86. The molecule has 1 N–H and O–H groups in total. The van der Waals surface area contributed by atoms with Gasteiger partial charge in [0.25, 0.3) is 11.7 Å². The highest BCUT2D eigenvalue weighted by Crippen LogP contribution is 2.42. The predicted octanol–water partition coefficient (Wildman–Crippen LogP) is 4.33. The van der Waals surface area contributed by atoms with Crippen LogP contribution in [0, 0.1) is 13.8 Å². The fraction of sp³-hybridized carbons (Fsp3) is 0.160. The van der Waals surface area contributed by atoms with Gasteiger partial charge in [0.2, 0.25) is 0 Å². The number of benzene rings is 2. The molecule has 1 amide bonds. The van der Waals surface area contributed by atoms with E-state index in [0.29, 0.717) is 22.7 Å². The van der Waals surface area contributed by atoms with Crippen molar-refractivity contribution in [2.24, 2.45) is 0 Å². The van der Waals surface area contributed by atoms with Crippen LogP contribution in [0.2, 0.25) is 0 Å². The van der Waals surface area contributed by atoms with Crippen molar-refractivity contribution in [1.29, 1.82) is 0 Å². The van der Waals surface area contributed by atoms with Crippen LogP contribution in [0.1, 0.15) is 28.4 Å². The van der Waals surface area contributed by atoms with E-state index in [1.807, 2.05) is 26.0 Å². The number of ether oxygens (including phenoxy) is 1. The summed E-state index contributed by atoms with van der Waals surface area (Å²) in [6.45, 7) is 3.92. The summed E-state index contributed by atoms with van der Waals surface area (Å²) in [5.41, 5.74) is 3.52. The lowest BCUT2D eigenvalue weighted by molar-refractivity contribution is -0.132. The van der Waals surface area contributed by atoms with E-state index >= 15 is 0 Å². The van der Waals surface area contributed by atoms with Crippen molar-refractivity contribution in [2.45, 2.75) is 19.9 Å². The number of aryl methyl sites for hydroxylation is 2. The van der Waals surface area contributed by atoms with Crippen LogP contribution in [0.15, 0.2) is 72.4 Å². The zero-order valence-electron chi connectivity index (χ0n) is 17.5.